The van der Waals surface area contributed by atoms with Gasteiger partial charge in [-0.25, -0.2) is 8.42 Å². The van der Waals surface area contributed by atoms with Gasteiger partial charge in [0.2, 0.25) is 21.8 Å². The summed E-state index contributed by atoms with van der Waals surface area (Å²) < 4.78 is 66.2. The molecule has 7 nitrogen and oxygen atoms in total. The van der Waals surface area contributed by atoms with Crippen LogP contribution < -0.4 is 9.62 Å². The van der Waals surface area contributed by atoms with Gasteiger partial charge in [0.1, 0.15) is 12.6 Å². The minimum absolute atomic E-state index is 0.0611. The minimum Gasteiger partial charge on any atom is -0.352 e. The van der Waals surface area contributed by atoms with Crippen LogP contribution >= 0.6 is 23.2 Å². The lowest BCUT2D eigenvalue weighted by atomic mass is 10.1. The van der Waals surface area contributed by atoms with Gasteiger partial charge >= 0.3 is 6.18 Å². The summed E-state index contributed by atoms with van der Waals surface area (Å²) in [5.41, 5.74) is -1.01. The van der Waals surface area contributed by atoms with Crippen LogP contribution in [0.2, 0.25) is 10.0 Å². The Hall–Kier alpha value is -2.50. The summed E-state index contributed by atoms with van der Waals surface area (Å²) in [5, 5.41) is 2.68. The van der Waals surface area contributed by atoms with Gasteiger partial charge < -0.3 is 10.2 Å². The van der Waals surface area contributed by atoms with Gasteiger partial charge in [0, 0.05) is 17.6 Å². The highest BCUT2D eigenvalue weighted by atomic mass is 35.5. The van der Waals surface area contributed by atoms with Crippen LogP contribution in [0.3, 0.4) is 0 Å². The smallest absolute Gasteiger partial charge is 0.352 e. The van der Waals surface area contributed by atoms with E-state index >= 15 is 0 Å². The Kier molecular flexibility index (Phi) is 10.9. The van der Waals surface area contributed by atoms with Gasteiger partial charge in [-0.05, 0) is 55.7 Å². The third-order valence-corrected chi connectivity index (χ3v) is 7.60. The van der Waals surface area contributed by atoms with Crippen LogP contribution in [-0.2, 0) is 32.3 Å². The van der Waals surface area contributed by atoms with Gasteiger partial charge in [0.15, 0.2) is 0 Å². The molecule has 2 amide bonds. The number of nitrogens with one attached hydrogen (secondary N) is 1. The highest BCUT2D eigenvalue weighted by Crippen LogP contribution is 2.37. The van der Waals surface area contributed by atoms with E-state index in [9.17, 15) is 31.2 Å². The third-order valence-electron chi connectivity index (χ3n) is 5.88. The van der Waals surface area contributed by atoms with E-state index in [0.717, 1.165) is 18.4 Å². The average Bonchev–Trinajstić information content (AvgIpc) is 2.82. The van der Waals surface area contributed by atoms with Gasteiger partial charge in [0.05, 0.1) is 22.5 Å². The maximum absolute atomic E-state index is 13.6. The maximum atomic E-state index is 13.6. The van der Waals surface area contributed by atoms with Gasteiger partial charge in [-0.1, -0.05) is 49.2 Å². The van der Waals surface area contributed by atoms with E-state index < -0.39 is 51.2 Å². The van der Waals surface area contributed by atoms with E-state index in [1.54, 1.807) is 38.1 Å². The molecule has 2 aromatic carbocycles. The molecule has 0 heterocycles. The van der Waals surface area contributed by atoms with Crippen molar-refractivity contribution in [2.24, 2.45) is 0 Å². The molecule has 2 aromatic rings. The van der Waals surface area contributed by atoms with Crippen molar-refractivity contribution in [1.82, 2.24) is 10.2 Å². The molecule has 0 radical (unpaired) electrons. The monoisotopic (exact) mass is 595 g/mol. The molecule has 0 fully saturated rings. The Morgan fingerprint density at radius 3 is 2.13 bits per heavy atom. The second kappa shape index (κ2) is 13.0. The molecule has 0 saturated carbocycles. The lowest BCUT2D eigenvalue weighted by molar-refractivity contribution is -0.140. The average molecular weight is 596 g/mol. The first-order chi connectivity index (χ1) is 17.6. The van der Waals surface area contributed by atoms with Crippen LogP contribution in [-0.4, -0.2) is 50.0 Å². The van der Waals surface area contributed by atoms with Crippen LogP contribution in [0.5, 0.6) is 0 Å². The number of carbonyl (C=O) groups excluding carboxylic acids is 2. The van der Waals surface area contributed by atoms with Crippen LogP contribution in [0.15, 0.2) is 42.5 Å². The molecule has 0 aliphatic heterocycles. The highest BCUT2D eigenvalue weighted by molar-refractivity contribution is 7.92. The van der Waals surface area contributed by atoms with Crippen molar-refractivity contribution in [2.45, 2.75) is 58.4 Å². The number of carbonyl (C=O) groups is 2. The number of alkyl halides is 3. The molecular weight excluding hydrogens is 566 g/mol. The number of sulfonamides is 1. The first-order valence-corrected chi connectivity index (χ1v) is 14.4. The molecule has 2 rings (SSSR count). The molecule has 0 aliphatic rings. The summed E-state index contributed by atoms with van der Waals surface area (Å²) in [7, 11) is -4.22. The van der Waals surface area contributed by atoms with Gasteiger partial charge in [-0.3, -0.25) is 13.9 Å². The Morgan fingerprint density at radius 1 is 1.03 bits per heavy atom. The first-order valence-electron chi connectivity index (χ1n) is 11.8. The number of halogens is 5. The lowest BCUT2D eigenvalue weighted by Gasteiger charge is -2.33. The first kappa shape index (κ1) is 31.7. The number of amides is 2. The minimum atomic E-state index is -4.84. The van der Waals surface area contributed by atoms with Gasteiger partial charge in [0.25, 0.3) is 0 Å². The zero-order valence-electron chi connectivity index (χ0n) is 21.4. The molecule has 0 aliphatic carbocycles. The molecule has 0 spiro atoms. The SMILES string of the molecule is CC[C@H](C(=O)N[C@@H](C)CC)N(Cc1ccc(Cl)cc1)C(=O)CN(c1ccc(Cl)c(C(F)(F)F)c1)S(C)(=O)=O. The molecule has 1 N–H and O–H groups in total. The van der Waals surface area contributed by atoms with E-state index in [2.05, 4.69) is 5.32 Å². The molecule has 13 heteroatoms. The largest absolute Gasteiger partial charge is 0.417 e. The molecule has 210 valence electrons. The fourth-order valence-electron chi connectivity index (χ4n) is 3.65. The normalized spacial score (nSPS) is 13.5. The van der Waals surface area contributed by atoms with Gasteiger partial charge in [-0.15, -0.1) is 0 Å². The Labute approximate surface area is 230 Å². The molecule has 38 heavy (non-hydrogen) atoms. The second-order valence-corrected chi connectivity index (χ2v) is 11.6. The summed E-state index contributed by atoms with van der Waals surface area (Å²) in [6.07, 6.45) is -3.21. The van der Waals surface area contributed by atoms with Crippen molar-refractivity contribution < 1.29 is 31.2 Å². The number of rotatable bonds is 11. The molecule has 0 bridgehead atoms. The molecule has 0 saturated heterocycles. The van der Waals surface area contributed by atoms with E-state index in [1.165, 1.54) is 4.90 Å². The Bertz CT molecular complexity index is 1240. The maximum Gasteiger partial charge on any atom is 0.417 e. The highest BCUT2D eigenvalue weighted by Gasteiger charge is 2.36. The third kappa shape index (κ3) is 8.51. The zero-order valence-corrected chi connectivity index (χ0v) is 23.7. The predicted octanol–water partition coefficient (Wildman–Crippen LogP) is 5.50. The predicted molar refractivity (Wildman–Crippen MR) is 143 cm³/mol. The van der Waals surface area contributed by atoms with Crippen molar-refractivity contribution >= 4 is 50.7 Å². The summed E-state index contributed by atoms with van der Waals surface area (Å²) in [6, 6.07) is 7.97. The number of nitrogens with zero attached hydrogens (tertiary/aromatic N) is 2. The van der Waals surface area contributed by atoms with Crippen molar-refractivity contribution in [2.75, 3.05) is 17.1 Å². The van der Waals surface area contributed by atoms with Crippen LogP contribution in [0.1, 0.15) is 44.7 Å². The molecule has 2 atom stereocenters. The number of hydrogen-bond acceptors (Lipinski definition) is 4. The number of anilines is 1. The van der Waals surface area contributed by atoms with Crippen molar-refractivity contribution in [1.29, 1.82) is 0 Å². The quantitative estimate of drug-likeness (QED) is 0.371. The fourth-order valence-corrected chi connectivity index (χ4v) is 4.84. The standard InChI is InChI=1S/C25H30Cl2F3N3O4S/c1-5-16(3)31-24(35)22(6-2)32(14-17-7-9-18(26)10-8-17)23(34)15-33(38(4,36)37)19-11-12-21(27)20(13-19)25(28,29)30/h7-13,16,22H,5-6,14-15H2,1-4H3,(H,31,35)/t16-,22+/m0/s1. The van der Waals surface area contributed by atoms with Crippen LogP contribution in [0.4, 0.5) is 18.9 Å². The Morgan fingerprint density at radius 2 is 1.63 bits per heavy atom. The Balaban J connectivity index is 2.52. The number of hydrogen-bond donors (Lipinski definition) is 1. The van der Waals surface area contributed by atoms with Crippen LogP contribution in [0.25, 0.3) is 0 Å². The van der Waals surface area contributed by atoms with E-state index in [1.807, 2.05) is 6.92 Å². The van der Waals surface area contributed by atoms with Crippen molar-refractivity contribution in [3.63, 3.8) is 0 Å². The summed E-state index contributed by atoms with van der Waals surface area (Å²) in [5.74, 6) is -1.21. The second-order valence-electron chi connectivity index (χ2n) is 8.82. The lowest BCUT2D eigenvalue weighted by Crippen LogP contribution is -2.53. The molecule has 0 unspecified atom stereocenters. The summed E-state index contributed by atoms with van der Waals surface area (Å²) in [4.78, 5) is 27.9. The fraction of sp³-hybridized carbons (Fsp3) is 0.440. The topological polar surface area (TPSA) is 86.8 Å². The zero-order chi connectivity index (χ0) is 28.8. The number of benzene rings is 2. The van der Waals surface area contributed by atoms with E-state index in [4.69, 9.17) is 23.2 Å². The summed E-state index contributed by atoms with van der Waals surface area (Å²) in [6.45, 7) is 4.49. The van der Waals surface area contributed by atoms with Gasteiger partial charge in [-0.2, -0.15) is 13.2 Å². The van der Waals surface area contributed by atoms with Crippen LogP contribution in [0, 0.1) is 0 Å². The molecule has 0 aromatic heterocycles. The van der Waals surface area contributed by atoms with Crippen molar-refractivity contribution in [3.05, 3.63) is 63.6 Å². The summed E-state index contributed by atoms with van der Waals surface area (Å²) >= 11 is 11.6. The van der Waals surface area contributed by atoms with E-state index in [-0.39, 0.29) is 24.7 Å². The molecular formula is C25H30Cl2F3N3O4S. The van der Waals surface area contributed by atoms with E-state index in [0.29, 0.717) is 27.4 Å². The van der Waals surface area contributed by atoms with Crippen molar-refractivity contribution in [3.8, 4) is 0 Å².